The molecule has 0 aliphatic heterocycles. The van der Waals surface area contributed by atoms with Crippen molar-refractivity contribution in [1.29, 1.82) is 0 Å². The number of carboxylic acid groups (broad SMARTS) is 1. The van der Waals surface area contributed by atoms with E-state index in [-0.39, 0.29) is 5.92 Å². The Bertz CT molecular complexity index is 274. The lowest BCUT2D eigenvalue weighted by Gasteiger charge is -2.34. The van der Waals surface area contributed by atoms with E-state index in [1.165, 1.54) is 6.42 Å². The van der Waals surface area contributed by atoms with Crippen LogP contribution in [0.5, 0.6) is 0 Å². The van der Waals surface area contributed by atoms with Gasteiger partial charge in [-0.3, -0.25) is 10.1 Å². The average molecular weight is 241 g/mol. The zero-order valence-corrected chi connectivity index (χ0v) is 10.6. The summed E-state index contributed by atoms with van der Waals surface area (Å²) >= 11 is 0. The molecule has 2 saturated carbocycles. The Morgan fingerprint density at radius 1 is 1.41 bits per heavy atom. The van der Waals surface area contributed by atoms with Crippen LogP contribution in [0, 0.1) is 5.92 Å². The minimum absolute atomic E-state index is 0.256. The molecule has 17 heavy (non-hydrogen) atoms. The van der Waals surface area contributed by atoms with Gasteiger partial charge in [-0.25, -0.2) is 0 Å². The van der Waals surface area contributed by atoms with Crippen LogP contribution in [0.3, 0.4) is 0 Å². The monoisotopic (exact) mass is 241 g/mol. The lowest BCUT2D eigenvalue weighted by molar-refractivity contribution is -0.151. The first kappa shape index (κ1) is 12.8. The van der Waals surface area contributed by atoms with E-state index in [1.807, 2.05) is 0 Å². The number of ether oxygens (including phenoxy) is 1. The van der Waals surface area contributed by atoms with Gasteiger partial charge in [-0.2, -0.15) is 0 Å². The number of aliphatic carboxylic acids is 1. The largest absolute Gasteiger partial charge is 0.480 e. The van der Waals surface area contributed by atoms with Crippen LogP contribution in [-0.4, -0.2) is 35.9 Å². The van der Waals surface area contributed by atoms with Gasteiger partial charge in [0.05, 0.1) is 12.7 Å². The van der Waals surface area contributed by atoms with E-state index in [9.17, 15) is 9.90 Å². The van der Waals surface area contributed by atoms with Gasteiger partial charge < -0.3 is 9.84 Å². The average Bonchev–Trinajstić information content (AvgIpc) is 3.04. The number of hydrogen-bond acceptors (Lipinski definition) is 3. The highest BCUT2D eigenvalue weighted by molar-refractivity contribution is 5.80. The van der Waals surface area contributed by atoms with Crippen molar-refractivity contribution in [1.82, 2.24) is 5.32 Å². The summed E-state index contributed by atoms with van der Waals surface area (Å²) in [6, 6.07) is 0. The van der Waals surface area contributed by atoms with E-state index < -0.39 is 11.5 Å². The van der Waals surface area contributed by atoms with E-state index in [0.717, 1.165) is 38.6 Å². The summed E-state index contributed by atoms with van der Waals surface area (Å²) < 4.78 is 5.76. The number of hydrogen-bond donors (Lipinski definition) is 2. The number of carboxylic acids is 1. The van der Waals surface area contributed by atoms with Crippen LogP contribution in [-0.2, 0) is 9.53 Å². The van der Waals surface area contributed by atoms with Gasteiger partial charge in [0.2, 0.25) is 0 Å². The van der Waals surface area contributed by atoms with Gasteiger partial charge in [0.1, 0.15) is 5.54 Å². The van der Waals surface area contributed by atoms with Crippen molar-refractivity contribution >= 4 is 5.97 Å². The molecular formula is C13H23NO3. The highest BCUT2D eigenvalue weighted by atomic mass is 16.5. The maximum atomic E-state index is 11.6. The molecule has 2 aliphatic carbocycles. The Kier molecular flexibility index (Phi) is 4.05. The highest BCUT2D eigenvalue weighted by Crippen LogP contribution is 2.41. The van der Waals surface area contributed by atoms with Crippen LogP contribution in [0.2, 0.25) is 0 Å². The molecule has 2 fully saturated rings. The van der Waals surface area contributed by atoms with Crippen molar-refractivity contribution in [3.63, 3.8) is 0 Å². The van der Waals surface area contributed by atoms with Crippen LogP contribution in [0.25, 0.3) is 0 Å². The van der Waals surface area contributed by atoms with E-state index in [1.54, 1.807) is 0 Å². The molecular weight excluding hydrogens is 218 g/mol. The molecule has 0 aromatic rings. The van der Waals surface area contributed by atoms with Gasteiger partial charge in [0.25, 0.3) is 0 Å². The molecule has 0 aromatic heterocycles. The Balaban J connectivity index is 1.94. The second kappa shape index (κ2) is 5.36. The maximum Gasteiger partial charge on any atom is 0.326 e. The third-order valence-electron chi connectivity index (χ3n) is 3.95. The van der Waals surface area contributed by atoms with Crippen molar-refractivity contribution in [2.75, 3.05) is 13.2 Å². The molecule has 98 valence electrons. The van der Waals surface area contributed by atoms with Crippen molar-refractivity contribution in [2.24, 2.45) is 5.92 Å². The smallest absolute Gasteiger partial charge is 0.326 e. The molecule has 0 saturated heterocycles. The first-order valence-corrected chi connectivity index (χ1v) is 6.79. The third kappa shape index (κ3) is 2.80. The van der Waals surface area contributed by atoms with Crippen LogP contribution in [0.1, 0.15) is 45.4 Å². The Morgan fingerprint density at radius 2 is 2.12 bits per heavy atom. The fraction of sp³-hybridized carbons (Fsp3) is 0.923. The molecule has 0 amide bonds. The Hall–Kier alpha value is -0.610. The topological polar surface area (TPSA) is 58.6 Å². The first-order chi connectivity index (χ1) is 8.19. The van der Waals surface area contributed by atoms with Crippen LogP contribution in [0.15, 0.2) is 0 Å². The number of carbonyl (C=O) groups is 1. The molecule has 4 heteroatoms. The molecule has 1 unspecified atom stereocenters. The predicted molar refractivity (Wildman–Crippen MR) is 65.0 cm³/mol. The van der Waals surface area contributed by atoms with E-state index in [0.29, 0.717) is 12.7 Å². The van der Waals surface area contributed by atoms with Crippen molar-refractivity contribution in [3.8, 4) is 0 Å². The summed E-state index contributed by atoms with van der Waals surface area (Å²) in [5.41, 5.74) is -0.828. The van der Waals surface area contributed by atoms with Crippen molar-refractivity contribution in [3.05, 3.63) is 0 Å². The molecule has 4 nitrogen and oxygen atoms in total. The van der Waals surface area contributed by atoms with E-state index in [2.05, 4.69) is 12.2 Å². The number of nitrogens with one attached hydrogen (secondary N) is 1. The normalized spacial score (nSPS) is 24.1. The lowest BCUT2D eigenvalue weighted by atomic mass is 9.92. The van der Waals surface area contributed by atoms with Crippen LogP contribution < -0.4 is 5.32 Å². The van der Waals surface area contributed by atoms with Crippen LogP contribution in [0.4, 0.5) is 0 Å². The van der Waals surface area contributed by atoms with Gasteiger partial charge in [0, 0.05) is 0 Å². The summed E-state index contributed by atoms with van der Waals surface area (Å²) in [5.74, 6) is -0.487. The van der Waals surface area contributed by atoms with E-state index in [4.69, 9.17) is 4.74 Å². The van der Waals surface area contributed by atoms with Gasteiger partial charge in [-0.1, -0.05) is 6.92 Å². The van der Waals surface area contributed by atoms with Crippen molar-refractivity contribution < 1.29 is 14.6 Å². The zero-order chi connectivity index (χ0) is 12.3. The first-order valence-electron chi connectivity index (χ1n) is 6.79. The quantitative estimate of drug-likeness (QED) is 0.680. The summed E-state index contributed by atoms with van der Waals surface area (Å²) in [7, 11) is 0. The summed E-state index contributed by atoms with van der Waals surface area (Å²) in [5, 5.41) is 12.7. The maximum absolute atomic E-state index is 11.6. The summed E-state index contributed by atoms with van der Waals surface area (Å²) in [4.78, 5) is 11.6. The minimum atomic E-state index is -0.828. The molecule has 0 heterocycles. The van der Waals surface area contributed by atoms with Gasteiger partial charge in [-0.15, -0.1) is 0 Å². The Labute approximate surface area is 103 Å². The highest BCUT2D eigenvalue weighted by Gasteiger charge is 2.51. The summed E-state index contributed by atoms with van der Waals surface area (Å²) in [6.07, 6.45) is 6.67. The fourth-order valence-corrected chi connectivity index (χ4v) is 2.34. The molecule has 0 aromatic carbocycles. The Morgan fingerprint density at radius 3 is 2.53 bits per heavy atom. The molecule has 2 rings (SSSR count). The lowest BCUT2D eigenvalue weighted by Crippen LogP contribution is -2.58. The zero-order valence-electron chi connectivity index (χ0n) is 10.6. The molecule has 2 N–H and O–H groups in total. The second-order valence-electron chi connectivity index (χ2n) is 5.34. The van der Waals surface area contributed by atoms with Crippen LogP contribution >= 0.6 is 0 Å². The predicted octanol–water partition coefficient (Wildman–Crippen LogP) is 1.79. The minimum Gasteiger partial charge on any atom is -0.480 e. The molecule has 0 bridgehead atoms. The molecule has 1 atom stereocenters. The SMILES string of the molecule is CCCNC(COC1CCC1)(C(=O)O)C1CC1. The fourth-order valence-electron chi connectivity index (χ4n) is 2.34. The van der Waals surface area contributed by atoms with Gasteiger partial charge in [-0.05, 0) is 51.0 Å². The second-order valence-corrected chi connectivity index (χ2v) is 5.34. The molecule has 2 aliphatic rings. The third-order valence-corrected chi connectivity index (χ3v) is 3.95. The molecule has 0 radical (unpaired) electrons. The standard InChI is InChI=1S/C13H23NO3/c1-2-8-14-13(12(15)16,10-6-7-10)9-17-11-4-3-5-11/h10-11,14H,2-9H2,1H3,(H,15,16). The van der Waals surface area contributed by atoms with Gasteiger partial charge >= 0.3 is 5.97 Å². The van der Waals surface area contributed by atoms with E-state index >= 15 is 0 Å². The van der Waals surface area contributed by atoms with Gasteiger partial charge in [0.15, 0.2) is 0 Å². The number of rotatable bonds is 8. The van der Waals surface area contributed by atoms with Crippen molar-refractivity contribution in [2.45, 2.75) is 57.1 Å². The summed E-state index contributed by atoms with van der Waals surface area (Å²) in [6.45, 7) is 3.13. The molecule has 0 spiro atoms.